The summed E-state index contributed by atoms with van der Waals surface area (Å²) < 4.78 is 16.9. The van der Waals surface area contributed by atoms with Gasteiger partial charge in [-0.05, 0) is 31.1 Å². The zero-order chi connectivity index (χ0) is 48.2. The second kappa shape index (κ2) is 52.8. The summed E-state index contributed by atoms with van der Waals surface area (Å²) in [6.07, 6.45) is 56.6. The van der Waals surface area contributed by atoms with E-state index in [-0.39, 0.29) is 31.1 Å². The Labute approximate surface area is 412 Å². The first-order valence-corrected chi connectivity index (χ1v) is 29.8. The molecule has 0 spiro atoms. The van der Waals surface area contributed by atoms with Crippen molar-refractivity contribution in [1.82, 2.24) is 0 Å². The summed E-state index contributed by atoms with van der Waals surface area (Å²) in [4.78, 5) is 38.2. The van der Waals surface area contributed by atoms with Crippen molar-refractivity contribution in [1.29, 1.82) is 0 Å². The molecule has 0 saturated carbocycles. The van der Waals surface area contributed by atoms with Gasteiger partial charge in [0.15, 0.2) is 6.10 Å². The van der Waals surface area contributed by atoms with Crippen molar-refractivity contribution in [3.05, 3.63) is 0 Å². The summed E-state index contributed by atoms with van der Waals surface area (Å²) >= 11 is 0. The standard InChI is InChI=1S/C60H116O6/c1-6-8-9-10-11-12-13-14-15-18-22-25-32-37-42-47-52-60(63)66-57(54-65-59(62)51-46-41-36-31-27-26-29-34-39-44-49-56(5)7-2)53-64-58(61)50-45-40-35-30-24-21-19-16-17-20-23-28-33-38-43-48-55(3)4/h55-57H,6-54H2,1-5H3/t56?,57-/m1/s1. The van der Waals surface area contributed by atoms with Gasteiger partial charge in [0.1, 0.15) is 13.2 Å². The van der Waals surface area contributed by atoms with E-state index in [9.17, 15) is 14.4 Å². The Morgan fingerprint density at radius 1 is 0.318 bits per heavy atom. The predicted octanol–water partition coefficient (Wildman–Crippen LogP) is 19.7. The van der Waals surface area contributed by atoms with Crippen LogP contribution in [0.1, 0.15) is 336 Å². The van der Waals surface area contributed by atoms with Crippen LogP contribution in [0.15, 0.2) is 0 Å². The van der Waals surface area contributed by atoms with Gasteiger partial charge in [0.05, 0.1) is 0 Å². The van der Waals surface area contributed by atoms with Gasteiger partial charge < -0.3 is 14.2 Å². The van der Waals surface area contributed by atoms with Gasteiger partial charge in [-0.25, -0.2) is 0 Å². The molecule has 0 amide bonds. The van der Waals surface area contributed by atoms with Crippen molar-refractivity contribution >= 4 is 17.9 Å². The van der Waals surface area contributed by atoms with Gasteiger partial charge in [0, 0.05) is 19.3 Å². The van der Waals surface area contributed by atoms with E-state index in [0.717, 1.165) is 69.6 Å². The SMILES string of the molecule is CCCCCCCCCCCCCCCCCCC(=O)O[C@H](COC(=O)CCCCCCCCCCCCCCCCCC(C)C)COC(=O)CCCCCCCCCCCCC(C)CC. The minimum absolute atomic E-state index is 0.0625. The quantitative estimate of drug-likeness (QED) is 0.0343. The number of carbonyl (C=O) groups is 3. The number of rotatable bonds is 54. The van der Waals surface area contributed by atoms with E-state index in [2.05, 4.69) is 34.6 Å². The van der Waals surface area contributed by atoms with Gasteiger partial charge in [-0.2, -0.15) is 0 Å². The molecule has 0 saturated heterocycles. The molecule has 0 aromatic rings. The Balaban J connectivity index is 4.30. The summed E-state index contributed by atoms with van der Waals surface area (Å²) in [6.45, 7) is 11.4. The molecule has 0 aromatic heterocycles. The molecule has 392 valence electrons. The molecule has 0 radical (unpaired) electrons. The molecule has 0 N–H and O–H groups in total. The third-order valence-corrected chi connectivity index (χ3v) is 14.1. The normalized spacial score (nSPS) is 12.5. The molecule has 0 aliphatic carbocycles. The molecule has 6 nitrogen and oxygen atoms in total. The molecule has 0 rings (SSSR count). The van der Waals surface area contributed by atoms with Crippen LogP contribution in [0.4, 0.5) is 0 Å². The number of hydrogen-bond donors (Lipinski definition) is 0. The summed E-state index contributed by atoms with van der Waals surface area (Å²) in [5.41, 5.74) is 0. The van der Waals surface area contributed by atoms with E-state index in [1.165, 1.54) is 225 Å². The van der Waals surface area contributed by atoms with Gasteiger partial charge in [0.2, 0.25) is 0 Å². The van der Waals surface area contributed by atoms with Crippen LogP contribution in [0.2, 0.25) is 0 Å². The first-order chi connectivity index (χ1) is 32.3. The van der Waals surface area contributed by atoms with Gasteiger partial charge in [0.25, 0.3) is 0 Å². The van der Waals surface area contributed by atoms with Crippen LogP contribution in [-0.2, 0) is 28.6 Å². The third-order valence-electron chi connectivity index (χ3n) is 14.1. The Bertz CT molecular complexity index is 1010. The number of ether oxygens (including phenoxy) is 3. The second-order valence-corrected chi connectivity index (χ2v) is 21.4. The summed E-state index contributed by atoms with van der Waals surface area (Å²) in [7, 11) is 0. The minimum Gasteiger partial charge on any atom is -0.462 e. The molecule has 6 heteroatoms. The van der Waals surface area contributed by atoms with Crippen LogP contribution < -0.4 is 0 Å². The molecule has 1 unspecified atom stereocenters. The van der Waals surface area contributed by atoms with Gasteiger partial charge >= 0.3 is 17.9 Å². The average molecular weight is 934 g/mol. The Morgan fingerprint density at radius 2 is 0.576 bits per heavy atom. The fourth-order valence-corrected chi connectivity index (χ4v) is 9.20. The maximum absolute atomic E-state index is 12.9. The smallest absolute Gasteiger partial charge is 0.306 e. The fourth-order valence-electron chi connectivity index (χ4n) is 9.20. The number of unbranched alkanes of at least 4 members (excludes halogenated alkanes) is 38. The first-order valence-electron chi connectivity index (χ1n) is 29.8. The first kappa shape index (κ1) is 64.4. The molecule has 0 aliphatic rings. The van der Waals surface area contributed by atoms with Crippen molar-refractivity contribution in [3.63, 3.8) is 0 Å². The van der Waals surface area contributed by atoms with Crippen molar-refractivity contribution in [2.75, 3.05) is 13.2 Å². The van der Waals surface area contributed by atoms with Crippen LogP contribution >= 0.6 is 0 Å². The third kappa shape index (κ3) is 51.8. The lowest BCUT2D eigenvalue weighted by atomic mass is 9.99. The molecule has 0 heterocycles. The summed E-state index contributed by atoms with van der Waals surface area (Å²) in [6, 6.07) is 0. The minimum atomic E-state index is -0.763. The van der Waals surface area contributed by atoms with E-state index in [1.807, 2.05) is 0 Å². The molecular weight excluding hydrogens is 817 g/mol. The lowest BCUT2D eigenvalue weighted by Gasteiger charge is -2.18. The van der Waals surface area contributed by atoms with E-state index < -0.39 is 6.10 Å². The van der Waals surface area contributed by atoms with E-state index in [4.69, 9.17) is 14.2 Å². The topological polar surface area (TPSA) is 78.9 Å². The maximum Gasteiger partial charge on any atom is 0.306 e. The van der Waals surface area contributed by atoms with Crippen LogP contribution in [-0.4, -0.2) is 37.2 Å². The number of hydrogen-bond acceptors (Lipinski definition) is 6. The van der Waals surface area contributed by atoms with Gasteiger partial charge in [-0.1, -0.05) is 298 Å². The number of esters is 3. The second-order valence-electron chi connectivity index (χ2n) is 21.4. The summed E-state index contributed by atoms with van der Waals surface area (Å²) in [5.74, 6) is 0.882. The van der Waals surface area contributed by atoms with E-state index in [0.29, 0.717) is 19.3 Å². The fraction of sp³-hybridized carbons (Fsp3) is 0.950. The zero-order valence-electron chi connectivity index (χ0n) is 45.3. The highest BCUT2D eigenvalue weighted by atomic mass is 16.6. The average Bonchev–Trinajstić information content (AvgIpc) is 3.30. The Kier molecular flexibility index (Phi) is 51.5. The highest BCUT2D eigenvalue weighted by Gasteiger charge is 2.19. The highest BCUT2D eigenvalue weighted by molar-refractivity contribution is 5.71. The lowest BCUT2D eigenvalue weighted by molar-refractivity contribution is -0.167. The van der Waals surface area contributed by atoms with Crippen LogP contribution in [0, 0.1) is 11.8 Å². The van der Waals surface area contributed by atoms with Crippen molar-refractivity contribution in [2.24, 2.45) is 11.8 Å². The molecule has 0 aliphatic heterocycles. The van der Waals surface area contributed by atoms with Crippen LogP contribution in [0.25, 0.3) is 0 Å². The van der Waals surface area contributed by atoms with E-state index >= 15 is 0 Å². The molecule has 0 aromatic carbocycles. The molecule has 0 fully saturated rings. The van der Waals surface area contributed by atoms with Crippen molar-refractivity contribution < 1.29 is 28.6 Å². The molecule has 2 atom stereocenters. The summed E-state index contributed by atoms with van der Waals surface area (Å²) in [5, 5.41) is 0. The van der Waals surface area contributed by atoms with Crippen LogP contribution in [0.3, 0.4) is 0 Å². The predicted molar refractivity (Wildman–Crippen MR) is 284 cm³/mol. The van der Waals surface area contributed by atoms with E-state index in [1.54, 1.807) is 0 Å². The number of carbonyl (C=O) groups excluding carboxylic acids is 3. The van der Waals surface area contributed by atoms with Crippen LogP contribution in [0.5, 0.6) is 0 Å². The zero-order valence-corrected chi connectivity index (χ0v) is 45.3. The monoisotopic (exact) mass is 933 g/mol. The maximum atomic E-state index is 12.9. The molecule has 66 heavy (non-hydrogen) atoms. The Morgan fingerprint density at radius 3 is 0.864 bits per heavy atom. The largest absolute Gasteiger partial charge is 0.462 e. The van der Waals surface area contributed by atoms with Crippen molar-refractivity contribution in [2.45, 2.75) is 343 Å². The van der Waals surface area contributed by atoms with Crippen molar-refractivity contribution in [3.8, 4) is 0 Å². The molecular formula is C60H116O6. The van der Waals surface area contributed by atoms with Gasteiger partial charge in [-0.3, -0.25) is 14.4 Å². The Hall–Kier alpha value is -1.59. The molecule has 0 bridgehead atoms. The highest BCUT2D eigenvalue weighted by Crippen LogP contribution is 2.19. The van der Waals surface area contributed by atoms with Gasteiger partial charge in [-0.15, -0.1) is 0 Å². The lowest BCUT2D eigenvalue weighted by Crippen LogP contribution is -2.30.